The fourth-order valence-electron chi connectivity index (χ4n) is 1.21. The normalized spacial score (nSPS) is 10.2. The number of nitrogens with zero attached hydrogens (tertiary/aromatic N) is 3. The second-order valence-corrected chi connectivity index (χ2v) is 3.94. The van der Waals surface area contributed by atoms with Gasteiger partial charge in [0.25, 0.3) is 5.56 Å². The lowest BCUT2D eigenvalue weighted by atomic mass is 10.3. The highest BCUT2D eigenvalue weighted by atomic mass is 79.9. The van der Waals surface area contributed by atoms with Crippen LogP contribution in [-0.4, -0.2) is 14.8 Å². The topological polar surface area (TPSA) is 47.8 Å². The van der Waals surface area contributed by atoms with E-state index in [-0.39, 0.29) is 5.56 Å². The Kier molecular flexibility index (Phi) is 2.91. The molecular formula is C10H8BrN3O. The van der Waals surface area contributed by atoms with E-state index in [2.05, 4.69) is 26.1 Å². The molecule has 2 rings (SSSR count). The Morgan fingerprint density at radius 1 is 1.40 bits per heavy atom. The van der Waals surface area contributed by atoms with Crippen molar-refractivity contribution in [1.29, 1.82) is 0 Å². The van der Waals surface area contributed by atoms with Crippen molar-refractivity contribution in [2.24, 2.45) is 0 Å². The molecule has 0 N–H and O–H groups in total. The lowest BCUT2D eigenvalue weighted by molar-refractivity contribution is 0.722. The smallest absolute Gasteiger partial charge is 0.252 e. The molecule has 76 valence electrons. The molecule has 0 bridgehead atoms. The van der Waals surface area contributed by atoms with Gasteiger partial charge >= 0.3 is 0 Å². The van der Waals surface area contributed by atoms with Gasteiger partial charge in [0.05, 0.1) is 12.2 Å². The van der Waals surface area contributed by atoms with Crippen molar-refractivity contribution in [1.82, 2.24) is 14.8 Å². The summed E-state index contributed by atoms with van der Waals surface area (Å²) in [5, 5.41) is 7.67. The number of pyridine rings is 1. The average molecular weight is 266 g/mol. The van der Waals surface area contributed by atoms with Gasteiger partial charge in [-0.15, -0.1) is 0 Å². The monoisotopic (exact) mass is 265 g/mol. The summed E-state index contributed by atoms with van der Waals surface area (Å²) in [6.45, 7) is 0.444. The van der Waals surface area contributed by atoms with Gasteiger partial charge in [-0.25, -0.2) is 0 Å². The number of rotatable bonds is 2. The third-order valence-corrected chi connectivity index (χ3v) is 2.41. The zero-order valence-electron chi connectivity index (χ0n) is 7.80. The Morgan fingerprint density at radius 2 is 2.27 bits per heavy atom. The second-order valence-electron chi connectivity index (χ2n) is 3.03. The molecule has 0 aliphatic heterocycles. The van der Waals surface area contributed by atoms with Gasteiger partial charge in [0.15, 0.2) is 0 Å². The van der Waals surface area contributed by atoms with Gasteiger partial charge in [-0.05, 0) is 18.2 Å². The predicted octanol–water partition coefficient (Wildman–Crippen LogP) is 1.45. The van der Waals surface area contributed by atoms with Crippen LogP contribution in [0.4, 0.5) is 0 Å². The van der Waals surface area contributed by atoms with Crippen LogP contribution in [0.2, 0.25) is 0 Å². The van der Waals surface area contributed by atoms with E-state index >= 15 is 0 Å². The molecule has 0 unspecified atom stereocenters. The molecule has 0 amide bonds. The predicted molar refractivity (Wildman–Crippen MR) is 59.5 cm³/mol. The number of halogens is 1. The van der Waals surface area contributed by atoms with Crippen LogP contribution in [0.5, 0.6) is 0 Å². The third kappa shape index (κ3) is 2.50. The lowest BCUT2D eigenvalue weighted by Gasteiger charge is -2.03. The lowest BCUT2D eigenvalue weighted by Crippen LogP contribution is -2.19. The number of hydrogen-bond donors (Lipinski definition) is 0. The summed E-state index contributed by atoms with van der Waals surface area (Å²) in [5.74, 6) is 0. The Bertz CT molecular complexity index is 510. The summed E-state index contributed by atoms with van der Waals surface area (Å²) in [4.78, 5) is 11.5. The van der Waals surface area contributed by atoms with E-state index in [9.17, 15) is 4.79 Å². The minimum absolute atomic E-state index is 0.0602. The molecule has 2 aromatic heterocycles. The van der Waals surface area contributed by atoms with Crippen LogP contribution in [0.1, 0.15) is 5.69 Å². The molecule has 0 aliphatic carbocycles. The van der Waals surface area contributed by atoms with E-state index in [1.165, 1.54) is 6.07 Å². The van der Waals surface area contributed by atoms with Gasteiger partial charge in [-0.1, -0.05) is 15.9 Å². The molecule has 0 radical (unpaired) electrons. The number of hydrogen-bond acceptors (Lipinski definition) is 3. The first-order valence-corrected chi connectivity index (χ1v) is 5.17. The van der Waals surface area contributed by atoms with E-state index in [4.69, 9.17) is 0 Å². The molecule has 5 heteroatoms. The minimum Gasteiger partial charge on any atom is -0.309 e. The van der Waals surface area contributed by atoms with Crippen LogP contribution < -0.4 is 5.56 Å². The molecule has 0 saturated heterocycles. The standard InChI is InChI=1S/C10H8BrN3O/c11-8-3-5-14(10(15)6-8)7-9-2-1-4-12-13-9/h1-6H,7H2. The van der Waals surface area contributed by atoms with Crippen LogP contribution in [0, 0.1) is 0 Å². The maximum Gasteiger partial charge on any atom is 0.252 e. The summed E-state index contributed by atoms with van der Waals surface area (Å²) >= 11 is 3.24. The summed E-state index contributed by atoms with van der Waals surface area (Å²) in [6.07, 6.45) is 3.33. The van der Waals surface area contributed by atoms with Gasteiger partial charge in [-0.3, -0.25) is 4.79 Å². The van der Waals surface area contributed by atoms with E-state index in [1.807, 2.05) is 12.1 Å². The van der Waals surface area contributed by atoms with Gasteiger partial charge in [-0.2, -0.15) is 10.2 Å². The van der Waals surface area contributed by atoms with Crippen LogP contribution in [0.25, 0.3) is 0 Å². The molecule has 2 aromatic rings. The van der Waals surface area contributed by atoms with Crippen molar-refractivity contribution >= 4 is 15.9 Å². The fraction of sp³-hybridized carbons (Fsp3) is 0.100. The van der Waals surface area contributed by atoms with Crippen LogP contribution in [-0.2, 0) is 6.54 Å². The van der Waals surface area contributed by atoms with E-state index < -0.39 is 0 Å². The SMILES string of the molecule is O=c1cc(Br)ccn1Cc1cccnn1. The summed E-state index contributed by atoms with van der Waals surface area (Å²) in [5.41, 5.74) is 0.706. The Morgan fingerprint density at radius 3 is 2.93 bits per heavy atom. The van der Waals surface area contributed by atoms with Crippen molar-refractivity contribution in [3.63, 3.8) is 0 Å². The fourth-order valence-corrected chi connectivity index (χ4v) is 1.52. The van der Waals surface area contributed by atoms with Crippen LogP contribution >= 0.6 is 15.9 Å². The molecule has 0 aliphatic rings. The van der Waals surface area contributed by atoms with E-state index in [0.29, 0.717) is 6.54 Å². The van der Waals surface area contributed by atoms with Crippen molar-refractivity contribution < 1.29 is 0 Å². The molecule has 4 nitrogen and oxygen atoms in total. The van der Waals surface area contributed by atoms with Crippen molar-refractivity contribution in [2.75, 3.05) is 0 Å². The first kappa shape index (κ1) is 10.0. The first-order valence-electron chi connectivity index (χ1n) is 4.38. The molecule has 0 aromatic carbocycles. The Balaban J connectivity index is 2.29. The Labute approximate surface area is 94.7 Å². The molecular weight excluding hydrogens is 258 g/mol. The second kappa shape index (κ2) is 4.35. The molecule has 0 fully saturated rings. The summed E-state index contributed by atoms with van der Waals surface area (Å²) in [6, 6.07) is 6.97. The maximum atomic E-state index is 11.5. The average Bonchev–Trinajstić information content (AvgIpc) is 2.24. The van der Waals surface area contributed by atoms with Crippen LogP contribution in [0.3, 0.4) is 0 Å². The van der Waals surface area contributed by atoms with Gasteiger partial charge in [0.1, 0.15) is 0 Å². The third-order valence-electron chi connectivity index (χ3n) is 1.92. The van der Waals surface area contributed by atoms with Gasteiger partial charge in [0.2, 0.25) is 0 Å². The van der Waals surface area contributed by atoms with Gasteiger partial charge < -0.3 is 4.57 Å². The summed E-state index contributed by atoms with van der Waals surface area (Å²) < 4.78 is 2.36. The zero-order chi connectivity index (χ0) is 10.7. The number of aromatic nitrogens is 3. The highest BCUT2D eigenvalue weighted by Gasteiger charge is 1.99. The zero-order valence-corrected chi connectivity index (χ0v) is 9.39. The Hall–Kier alpha value is -1.49. The first-order chi connectivity index (χ1) is 7.25. The minimum atomic E-state index is -0.0602. The molecule has 0 spiro atoms. The highest BCUT2D eigenvalue weighted by molar-refractivity contribution is 9.10. The summed E-state index contributed by atoms with van der Waals surface area (Å²) in [7, 11) is 0. The quantitative estimate of drug-likeness (QED) is 0.826. The highest BCUT2D eigenvalue weighted by Crippen LogP contribution is 2.04. The molecule has 0 atom stereocenters. The molecule has 2 heterocycles. The molecule has 15 heavy (non-hydrogen) atoms. The maximum absolute atomic E-state index is 11.5. The van der Waals surface area contributed by atoms with Crippen molar-refractivity contribution in [2.45, 2.75) is 6.54 Å². The van der Waals surface area contributed by atoms with Crippen LogP contribution in [0.15, 0.2) is 45.9 Å². The van der Waals surface area contributed by atoms with Crippen molar-refractivity contribution in [3.05, 3.63) is 57.2 Å². The largest absolute Gasteiger partial charge is 0.309 e. The molecule has 0 saturated carbocycles. The van der Waals surface area contributed by atoms with E-state index in [0.717, 1.165) is 10.2 Å². The van der Waals surface area contributed by atoms with Gasteiger partial charge in [0, 0.05) is 22.9 Å². The van der Waals surface area contributed by atoms with Crippen molar-refractivity contribution in [3.8, 4) is 0 Å². The van der Waals surface area contributed by atoms with E-state index in [1.54, 1.807) is 23.0 Å².